The monoisotopic (exact) mass is 402 g/mol. The third-order valence-corrected chi connectivity index (χ3v) is 7.91. The largest absolute Gasteiger partial charge is 0.0723 e. The van der Waals surface area contributed by atoms with Crippen molar-refractivity contribution in [2.24, 2.45) is 11.3 Å². The van der Waals surface area contributed by atoms with Crippen molar-refractivity contribution < 1.29 is 0 Å². The Morgan fingerprint density at radius 3 is 2.35 bits per heavy atom. The molecule has 1 fully saturated rings. The highest BCUT2D eigenvalue weighted by Crippen LogP contribution is 2.59. The molecule has 0 amide bonds. The number of rotatable bonds is 2. The van der Waals surface area contributed by atoms with Crippen molar-refractivity contribution in [3.05, 3.63) is 118 Å². The van der Waals surface area contributed by atoms with Crippen molar-refractivity contribution in [1.29, 1.82) is 0 Å². The number of benzene rings is 3. The molecule has 0 aromatic heterocycles. The maximum Gasteiger partial charge on any atom is 0.0309 e. The fourth-order valence-electron chi connectivity index (χ4n) is 6.37. The highest BCUT2D eigenvalue weighted by Gasteiger charge is 2.50. The van der Waals surface area contributed by atoms with Gasteiger partial charge in [0.15, 0.2) is 0 Å². The molecule has 2 atom stereocenters. The summed E-state index contributed by atoms with van der Waals surface area (Å²) in [5, 5.41) is 0. The van der Waals surface area contributed by atoms with Crippen molar-refractivity contribution in [3.63, 3.8) is 0 Å². The topological polar surface area (TPSA) is 0 Å². The van der Waals surface area contributed by atoms with E-state index in [4.69, 9.17) is 0 Å². The van der Waals surface area contributed by atoms with Gasteiger partial charge in [-0.15, -0.1) is 0 Å². The fourth-order valence-corrected chi connectivity index (χ4v) is 6.37. The van der Waals surface area contributed by atoms with Gasteiger partial charge in [-0.25, -0.2) is 0 Å². The van der Waals surface area contributed by atoms with Crippen LogP contribution in [0.15, 0.2) is 96.1 Å². The van der Waals surface area contributed by atoms with Crippen molar-refractivity contribution in [2.45, 2.75) is 45.4 Å². The minimum atomic E-state index is 0.0213. The smallest absolute Gasteiger partial charge is 0.0309 e. The molecule has 0 bridgehead atoms. The van der Waals surface area contributed by atoms with Crippen LogP contribution in [0.2, 0.25) is 0 Å². The SMILES string of the molecule is CC(C)(C)C1=CC2C(=C1)CCC2(c1ccccc1)c1cccc2c1Cc1ccccc1-2. The van der Waals surface area contributed by atoms with Crippen LogP contribution < -0.4 is 0 Å². The average molecular weight is 403 g/mol. The molecule has 2 unspecified atom stereocenters. The predicted octanol–water partition coefficient (Wildman–Crippen LogP) is 7.87. The first-order valence-corrected chi connectivity index (χ1v) is 11.7. The molecule has 1 saturated carbocycles. The van der Waals surface area contributed by atoms with Gasteiger partial charge in [-0.2, -0.15) is 0 Å². The lowest BCUT2D eigenvalue weighted by molar-refractivity contribution is 0.457. The molecule has 0 saturated heterocycles. The lowest BCUT2D eigenvalue weighted by atomic mass is 9.65. The van der Waals surface area contributed by atoms with Crippen LogP contribution in [0.1, 0.15) is 55.9 Å². The Morgan fingerprint density at radius 2 is 1.55 bits per heavy atom. The van der Waals surface area contributed by atoms with Gasteiger partial charge in [0.05, 0.1) is 0 Å². The molecule has 0 N–H and O–H groups in total. The first-order chi connectivity index (χ1) is 15.0. The molecule has 0 radical (unpaired) electrons. The summed E-state index contributed by atoms with van der Waals surface area (Å²) in [5.41, 5.74) is 12.2. The molecular weight excluding hydrogens is 372 g/mol. The zero-order chi connectivity index (χ0) is 21.2. The van der Waals surface area contributed by atoms with E-state index in [1.165, 1.54) is 40.7 Å². The van der Waals surface area contributed by atoms with Gasteiger partial charge in [0, 0.05) is 11.3 Å². The standard InChI is InChI=1S/C31H30/c1-30(2,3)24-18-22-16-17-31(29(22)20-24,23-11-5-4-6-12-23)28-15-9-14-26-25-13-8-7-10-21(25)19-27(26)28/h4-15,18,20,29H,16-17,19H2,1-3H3. The van der Waals surface area contributed by atoms with Crippen LogP contribution in [-0.2, 0) is 11.8 Å². The molecule has 0 nitrogen and oxygen atoms in total. The minimum absolute atomic E-state index is 0.0213. The fraction of sp³-hybridized carbons (Fsp3) is 0.290. The van der Waals surface area contributed by atoms with Gasteiger partial charge in [-0.05, 0) is 63.6 Å². The highest BCUT2D eigenvalue weighted by molar-refractivity contribution is 5.79. The number of fused-ring (bicyclic) bond motifs is 4. The molecule has 31 heavy (non-hydrogen) atoms. The van der Waals surface area contributed by atoms with Crippen LogP contribution in [0.4, 0.5) is 0 Å². The van der Waals surface area contributed by atoms with E-state index >= 15 is 0 Å². The lowest BCUT2D eigenvalue weighted by Crippen LogP contribution is -2.32. The summed E-state index contributed by atoms with van der Waals surface area (Å²) in [5.74, 6) is 0.458. The van der Waals surface area contributed by atoms with Crippen LogP contribution in [0.5, 0.6) is 0 Å². The first kappa shape index (κ1) is 18.9. The molecule has 0 heterocycles. The minimum Gasteiger partial charge on any atom is -0.0723 e. The summed E-state index contributed by atoms with van der Waals surface area (Å²) in [6.07, 6.45) is 8.56. The van der Waals surface area contributed by atoms with Crippen LogP contribution >= 0.6 is 0 Å². The molecular formula is C31H30. The Labute approximate surface area is 186 Å². The van der Waals surface area contributed by atoms with E-state index in [1.807, 2.05) is 0 Å². The summed E-state index contributed by atoms with van der Waals surface area (Å²) in [7, 11) is 0. The van der Waals surface area contributed by atoms with Gasteiger partial charge in [0.25, 0.3) is 0 Å². The molecule has 0 spiro atoms. The summed E-state index contributed by atoms with van der Waals surface area (Å²) >= 11 is 0. The normalized spacial score (nSPS) is 23.8. The second-order valence-corrected chi connectivity index (χ2v) is 10.6. The third kappa shape index (κ3) is 2.67. The van der Waals surface area contributed by atoms with Gasteiger partial charge >= 0.3 is 0 Å². The van der Waals surface area contributed by atoms with Crippen molar-refractivity contribution in [1.82, 2.24) is 0 Å². The highest BCUT2D eigenvalue weighted by atomic mass is 14.5. The van der Waals surface area contributed by atoms with Crippen LogP contribution in [0.25, 0.3) is 11.1 Å². The zero-order valence-electron chi connectivity index (χ0n) is 18.8. The quantitative estimate of drug-likeness (QED) is 0.320. The van der Waals surface area contributed by atoms with Gasteiger partial charge in [-0.3, -0.25) is 0 Å². The van der Waals surface area contributed by atoms with E-state index in [-0.39, 0.29) is 10.8 Å². The van der Waals surface area contributed by atoms with Crippen molar-refractivity contribution in [3.8, 4) is 11.1 Å². The number of hydrogen-bond donors (Lipinski definition) is 0. The summed E-state index contributed by atoms with van der Waals surface area (Å²) in [6, 6.07) is 27.4. The first-order valence-electron chi connectivity index (χ1n) is 11.7. The molecule has 3 aromatic rings. The second kappa shape index (κ2) is 6.57. The van der Waals surface area contributed by atoms with E-state index < -0.39 is 0 Å². The molecule has 154 valence electrons. The summed E-state index contributed by atoms with van der Waals surface area (Å²) in [4.78, 5) is 0. The van der Waals surface area contributed by atoms with Crippen molar-refractivity contribution >= 4 is 0 Å². The van der Waals surface area contributed by atoms with Crippen LogP contribution in [-0.4, -0.2) is 0 Å². The molecule has 6 rings (SSSR count). The Balaban J connectivity index is 1.60. The van der Waals surface area contributed by atoms with Crippen LogP contribution in [0, 0.1) is 11.3 Å². The molecule has 0 heteroatoms. The maximum atomic E-state index is 2.61. The molecule has 3 aromatic carbocycles. The van der Waals surface area contributed by atoms with Gasteiger partial charge in [0.1, 0.15) is 0 Å². The maximum absolute atomic E-state index is 2.61. The van der Waals surface area contributed by atoms with E-state index in [0.29, 0.717) is 5.92 Å². The van der Waals surface area contributed by atoms with Gasteiger partial charge in [0.2, 0.25) is 0 Å². The molecule has 3 aliphatic carbocycles. The van der Waals surface area contributed by atoms with E-state index in [2.05, 4.69) is 106 Å². The van der Waals surface area contributed by atoms with E-state index in [0.717, 1.165) is 6.42 Å². The van der Waals surface area contributed by atoms with Crippen LogP contribution in [0.3, 0.4) is 0 Å². The predicted molar refractivity (Wildman–Crippen MR) is 130 cm³/mol. The van der Waals surface area contributed by atoms with E-state index in [9.17, 15) is 0 Å². The summed E-state index contributed by atoms with van der Waals surface area (Å²) < 4.78 is 0. The third-order valence-electron chi connectivity index (χ3n) is 7.91. The zero-order valence-corrected chi connectivity index (χ0v) is 18.8. The van der Waals surface area contributed by atoms with Gasteiger partial charge in [-0.1, -0.05) is 111 Å². The Hall–Kier alpha value is -2.86. The van der Waals surface area contributed by atoms with E-state index in [1.54, 1.807) is 16.7 Å². The Kier molecular flexibility index (Phi) is 4.00. The molecule has 0 aliphatic heterocycles. The Bertz CT molecular complexity index is 1230. The summed E-state index contributed by atoms with van der Waals surface area (Å²) in [6.45, 7) is 7.04. The average Bonchev–Trinajstić information content (AvgIpc) is 3.46. The van der Waals surface area contributed by atoms with Crippen molar-refractivity contribution in [2.75, 3.05) is 0 Å². The number of hydrogen-bond acceptors (Lipinski definition) is 0. The van der Waals surface area contributed by atoms with Gasteiger partial charge < -0.3 is 0 Å². The molecule has 3 aliphatic rings. The lowest BCUT2D eigenvalue weighted by Gasteiger charge is -2.37. The number of allylic oxidation sites excluding steroid dienone is 4. The second-order valence-electron chi connectivity index (χ2n) is 10.6. The Morgan fingerprint density at radius 1 is 0.806 bits per heavy atom.